The molecule has 0 saturated carbocycles. The van der Waals surface area contributed by atoms with Crippen LogP contribution in [0.4, 0.5) is 0 Å². The Morgan fingerprint density at radius 3 is 1.83 bits per heavy atom. The minimum Gasteiger partial charge on any atom is -0.480 e. The summed E-state index contributed by atoms with van der Waals surface area (Å²) < 4.78 is 0. The summed E-state index contributed by atoms with van der Waals surface area (Å²) in [5.41, 5.74) is 0. The van der Waals surface area contributed by atoms with Gasteiger partial charge in [0.15, 0.2) is 0 Å². The predicted octanol–water partition coefficient (Wildman–Crippen LogP) is 5.11. The molecule has 1 unspecified atom stereocenters. The van der Waals surface area contributed by atoms with Gasteiger partial charge in [0.1, 0.15) is 0 Å². The number of hydrogen-bond donors (Lipinski definition) is 1. The molecule has 0 spiro atoms. The van der Waals surface area contributed by atoms with Gasteiger partial charge in [0, 0.05) is 0 Å². The molecular formula is C15H30O2S. The van der Waals surface area contributed by atoms with E-state index >= 15 is 0 Å². The van der Waals surface area contributed by atoms with Crippen LogP contribution in [-0.4, -0.2) is 22.1 Å². The number of thioether (sulfide) groups is 1. The molecule has 0 amide bonds. The molecule has 0 rings (SSSR count). The summed E-state index contributed by atoms with van der Waals surface area (Å²) in [6.45, 7) is 4.02. The minimum atomic E-state index is -0.688. The van der Waals surface area contributed by atoms with Crippen molar-refractivity contribution >= 4 is 17.7 Å². The average Bonchev–Trinajstić information content (AvgIpc) is 2.35. The number of aliphatic carboxylic acids is 1. The van der Waals surface area contributed by atoms with E-state index in [0.29, 0.717) is 0 Å². The summed E-state index contributed by atoms with van der Waals surface area (Å²) in [7, 11) is 0. The largest absolute Gasteiger partial charge is 0.480 e. The van der Waals surface area contributed by atoms with E-state index in [1.54, 1.807) is 18.7 Å². The van der Waals surface area contributed by atoms with Crippen molar-refractivity contribution < 1.29 is 9.90 Å². The lowest BCUT2D eigenvalue weighted by Gasteiger charge is -2.05. The number of rotatable bonds is 13. The number of carboxylic acids is 1. The fourth-order valence-electron chi connectivity index (χ4n) is 1.92. The standard InChI is InChI=1S/C15H30O2S/c1-3-4-5-6-7-8-9-10-11-12-13-18-14(2)15(16)17/h14H,3-13H2,1-2H3,(H,16,17). The Hall–Kier alpha value is -0.180. The average molecular weight is 274 g/mol. The predicted molar refractivity (Wildman–Crippen MR) is 81.4 cm³/mol. The van der Waals surface area contributed by atoms with Gasteiger partial charge in [-0.05, 0) is 19.1 Å². The number of carbonyl (C=O) groups is 1. The van der Waals surface area contributed by atoms with E-state index in [4.69, 9.17) is 5.11 Å². The van der Waals surface area contributed by atoms with Gasteiger partial charge in [-0.25, -0.2) is 0 Å². The Morgan fingerprint density at radius 2 is 1.39 bits per heavy atom. The molecule has 0 bridgehead atoms. The smallest absolute Gasteiger partial charge is 0.316 e. The van der Waals surface area contributed by atoms with Crippen LogP contribution < -0.4 is 0 Å². The molecule has 0 heterocycles. The maximum atomic E-state index is 10.6. The molecule has 0 fully saturated rings. The van der Waals surface area contributed by atoms with Gasteiger partial charge in [-0.1, -0.05) is 64.7 Å². The number of unbranched alkanes of at least 4 members (excludes halogenated alkanes) is 9. The van der Waals surface area contributed by atoms with Crippen LogP contribution in [0.5, 0.6) is 0 Å². The maximum absolute atomic E-state index is 10.6. The molecular weight excluding hydrogens is 244 g/mol. The van der Waals surface area contributed by atoms with Gasteiger partial charge >= 0.3 is 5.97 Å². The Balaban J connectivity index is 3.05. The molecule has 0 aliphatic carbocycles. The highest BCUT2D eigenvalue weighted by molar-refractivity contribution is 8.00. The molecule has 0 radical (unpaired) electrons. The summed E-state index contributed by atoms with van der Waals surface area (Å²) in [6.07, 6.45) is 13.4. The quantitative estimate of drug-likeness (QED) is 0.474. The second-order valence-corrected chi connectivity index (χ2v) is 6.48. The van der Waals surface area contributed by atoms with E-state index in [1.807, 2.05) is 0 Å². The zero-order chi connectivity index (χ0) is 13.6. The van der Waals surface area contributed by atoms with Gasteiger partial charge in [-0.2, -0.15) is 0 Å². The van der Waals surface area contributed by atoms with Crippen molar-refractivity contribution in [1.29, 1.82) is 0 Å². The summed E-state index contributed by atoms with van der Waals surface area (Å²) in [5.74, 6) is 0.302. The Kier molecular flexibility index (Phi) is 13.1. The molecule has 108 valence electrons. The van der Waals surface area contributed by atoms with Crippen LogP contribution in [0.1, 0.15) is 78.1 Å². The topological polar surface area (TPSA) is 37.3 Å². The molecule has 1 atom stereocenters. The molecule has 0 saturated heterocycles. The van der Waals surface area contributed by atoms with Gasteiger partial charge in [-0.3, -0.25) is 4.79 Å². The first-order valence-electron chi connectivity index (χ1n) is 7.53. The van der Waals surface area contributed by atoms with Crippen LogP contribution in [0.3, 0.4) is 0 Å². The summed E-state index contributed by atoms with van der Waals surface area (Å²) >= 11 is 1.56. The van der Waals surface area contributed by atoms with Crippen molar-refractivity contribution in [1.82, 2.24) is 0 Å². The Morgan fingerprint density at radius 1 is 0.944 bits per heavy atom. The first-order chi connectivity index (χ1) is 8.68. The lowest BCUT2D eigenvalue weighted by molar-refractivity contribution is -0.136. The molecule has 0 aliphatic rings. The maximum Gasteiger partial charge on any atom is 0.316 e. The second kappa shape index (κ2) is 13.3. The Labute approximate surface area is 117 Å². The van der Waals surface area contributed by atoms with Crippen molar-refractivity contribution in [3.63, 3.8) is 0 Å². The van der Waals surface area contributed by atoms with Crippen molar-refractivity contribution in [2.24, 2.45) is 0 Å². The van der Waals surface area contributed by atoms with Crippen LogP contribution in [0.25, 0.3) is 0 Å². The van der Waals surface area contributed by atoms with Crippen LogP contribution in [0, 0.1) is 0 Å². The number of carboxylic acid groups (broad SMARTS) is 1. The fourth-order valence-corrected chi connectivity index (χ4v) is 2.79. The lowest BCUT2D eigenvalue weighted by Crippen LogP contribution is -2.11. The monoisotopic (exact) mass is 274 g/mol. The molecule has 0 aliphatic heterocycles. The third-order valence-electron chi connectivity index (χ3n) is 3.21. The lowest BCUT2D eigenvalue weighted by atomic mass is 10.1. The van der Waals surface area contributed by atoms with Crippen LogP contribution >= 0.6 is 11.8 Å². The summed E-state index contributed by atoms with van der Waals surface area (Å²) in [5, 5.41) is 8.48. The van der Waals surface area contributed by atoms with Crippen molar-refractivity contribution in [2.45, 2.75) is 83.3 Å². The minimum absolute atomic E-state index is 0.247. The van der Waals surface area contributed by atoms with Gasteiger partial charge in [0.05, 0.1) is 5.25 Å². The van der Waals surface area contributed by atoms with Gasteiger partial charge in [0.25, 0.3) is 0 Å². The van der Waals surface area contributed by atoms with Crippen molar-refractivity contribution in [2.75, 3.05) is 5.75 Å². The molecule has 3 heteroatoms. The molecule has 0 aromatic heterocycles. The highest BCUT2D eigenvalue weighted by atomic mass is 32.2. The Bertz CT molecular complexity index is 195. The van der Waals surface area contributed by atoms with Gasteiger partial charge in [-0.15, -0.1) is 11.8 Å². The highest BCUT2D eigenvalue weighted by Crippen LogP contribution is 2.15. The highest BCUT2D eigenvalue weighted by Gasteiger charge is 2.09. The zero-order valence-electron chi connectivity index (χ0n) is 12.1. The van der Waals surface area contributed by atoms with Gasteiger partial charge < -0.3 is 5.11 Å². The third-order valence-corrected chi connectivity index (χ3v) is 4.44. The van der Waals surface area contributed by atoms with E-state index < -0.39 is 5.97 Å². The molecule has 0 aromatic rings. The second-order valence-electron chi connectivity index (χ2n) is 5.03. The SMILES string of the molecule is CCCCCCCCCCCCSC(C)C(=O)O. The first kappa shape index (κ1) is 17.8. The van der Waals surface area contributed by atoms with Crippen molar-refractivity contribution in [3.05, 3.63) is 0 Å². The first-order valence-corrected chi connectivity index (χ1v) is 8.57. The normalized spacial score (nSPS) is 12.6. The third kappa shape index (κ3) is 12.3. The van der Waals surface area contributed by atoms with E-state index in [9.17, 15) is 4.79 Å². The fraction of sp³-hybridized carbons (Fsp3) is 0.933. The summed E-state index contributed by atoms with van der Waals surface area (Å²) in [4.78, 5) is 10.6. The summed E-state index contributed by atoms with van der Waals surface area (Å²) in [6, 6.07) is 0. The van der Waals surface area contributed by atoms with Crippen molar-refractivity contribution in [3.8, 4) is 0 Å². The van der Waals surface area contributed by atoms with E-state index in [2.05, 4.69) is 6.92 Å². The zero-order valence-corrected chi connectivity index (χ0v) is 12.9. The molecule has 1 N–H and O–H groups in total. The van der Waals surface area contributed by atoms with Crippen LogP contribution in [0.15, 0.2) is 0 Å². The van der Waals surface area contributed by atoms with Gasteiger partial charge in [0.2, 0.25) is 0 Å². The van der Waals surface area contributed by atoms with E-state index in [-0.39, 0.29) is 5.25 Å². The van der Waals surface area contributed by atoms with Crippen LogP contribution in [0.2, 0.25) is 0 Å². The van der Waals surface area contributed by atoms with E-state index in [1.165, 1.54) is 57.8 Å². The molecule has 2 nitrogen and oxygen atoms in total. The van der Waals surface area contributed by atoms with E-state index in [0.717, 1.165) is 12.2 Å². The van der Waals surface area contributed by atoms with Crippen LogP contribution in [-0.2, 0) is 4.79 Å². The molecule has 0 aromatic carbocycles. The number of hydrogen-bond acceptors (Lipinski definition) is 2. The molecule has 18 heavy (non-hydrogen) atoms.